The van der Waals surface area contributed by atoms with Crippen LogP contribution in [-0.2, 0) is 34.0 Å². The Morgan fingerprint density at radius 2 is 1.14 bits per heavy atom. The number of hydrogen-bond acceptors (Lipinski definition) is 5. The van der Waals surface area contributed by atoms with E-state index in [1.54, 1.807) is 0 Å². The van der Waals surface area contributed by atoms with Gasteiger partial charge in [-0.1, -0.05) is 97.1 Å². The van der Waals surface area contributed by atoms with E-state index in [0.717, 1.165) is 29.5 Å². The molecule has 4 atom stereocenters. The number of hydrogen-bond donors (Lipinski definition) is 1. The van der Waals surface area contributed by atoms with Crippen LogP contribution in [0.25, 0.3) is 0 Å². The van der Waals surface area contributed by atoms with Crippen LogP contribution in [0.4, 0.5) is 0 Å². The summed E-state index contributed by atoms with van der Waals surface area (Å²) in [5, 5.41) is 12.7. The Bertz CT molecular complexity index is 999. The van der Waals surface area contributed by atoms with Gasteiger partial charge in [0.1, 0.15) is 12.2 Å². The van der Waals surface area contributed by atoms with Crippen molar-refractivity contribution in [3.8, 4) is 0 Å². The molecule has 5 nitrogen and oxygen atoms in total. The highest BCUT2D eigenvalue weighted by atomic mass is 16.6. The molecular formula is C30H35NO4. The van der Waals surface area contributed by atoms with E-state index in [-0.39, 0.29) is 24.3 Å². The second-order valence-corrected chi connectivity index (χ2v) is 8.90. The SMILES string of the molecule is C=CCCC1C(OCc2ccccc2)[C@H](OCc2ccccc2)[C@@H](COCc2ccccc2)N1O. The molecule has 2 unspecified atom stereocenters. The molecule has 0 spiro atoms. The molecular weight excluding hydrogens is 438 g/mol. The molecule has 1 N–H and O–H groups in total. The van der Waals surface area contributed by atoms with Gasteiger partial charge in [-0.15, -0.1) is 6.58 Å². The first-order valence-corrected chi connectivity index (χ1v) is 12.3. The molecule has 35 heavy (non-hydrogen) atoms. The Labute approximate surface area is 208 Å². The van der Waals surface area contributed by atoms with Crippen molar-refractivity contribution in [1.29, 1.82) is 0 Å². The molecule has 4 rings (SSSR count). The fourth-order valence-electron chi connectivity index (χ4n) is 4.56. The first kappa shape index (κ1) is 25.3. The van der Waals surface area contributed by atoms with Crippen molar-refractivity contribution in [3.63, 3.8) is 0 Å². The Balaban J connectivity index is 1.50. The van der Waals surface area contributed by atoms with Crippen LogP contribution >= 0.6 is 0 Å². The van der Waals surface area contributed by atoms with Crippen LogP contribution in [0.3, 0.4) is 0 Å². The summed E-state index contributed by atoms with van der Waals surface area (Å²) in [5.74, 6) is 0. The van der Waals surface area contributed by atoms with E-state index in [4.69, 9.17) is 14.2 Å². The Kier molecular flexibility index (Phi) is 9.64. The first-order valence-electron chi connectivity index (χ1n) is 12.3. The summed E-state index contributed by atoms with van der Waals surface area (Å²) in [6.07, 6.45) is 2.71. The number of benzene rings is 3. The lowest BCUT2D eigenvalue weighted by atomic mass is 10.0. The molecule has 1 aliphatic heterocycles. The Morgan fingerprint density at radius 1 is 0.686 bits per heavy atom. The third-order valence-corrected chi connectivity index (χ3v) is 6.40. The van der Waals surface area contributed by atoms with Gasteiger partial charge in [0.15, 0.2) is 0 Å². The molecule has 0 aromatic heterocycles. The second kappa shape index (κ2) is 13.3. The van der Waals surface area contributed by atoms with Gasteiger partial charge in [0.25, 0.3) is 0 Å². The Hall–Kier alpha value is -2.80. The molecule has 5 heteroatoms. The number of nitrogens with zero attached hydrogens (tertiary/aromatic N) is 1. The lowest BCUT2D eigenvalue weighted by Gasteiger charge is -2.26. The number of allylic oxidation sites excluding steroid dienone is 1. The zero-order chi connectivity index (χ0) is 24.3. The predicted octanol–water partition coefficient (Wildman–Crippen LogP) is 5.78. The molecule has 1 heterocycles. The van der Waals surface area contributed by atoms with Gasteiger partial charge in [-0.25, -0.2) is 0 Å². The van der Waals surface area contributed by atoms with Gasteiger partial charge >= 0.3 is 0 Å². The summed E-state index contributed by atoms with van der Waals surface area (Å²) in [7, 11) is 0. The molecule has 1 saturated heterocycles. The third kappa shape index (κ3) is 7.10. The van der Waals surface area contributed by atoms with Gasteiger partial charge in [0.2, 0.25) is 0 Å². The van der Waals surface area contributed by atoms with Gasteiger partial charge in [0, 0.05) is 0 Å². The molecule has 0 aliphatic carbocycles. The molecule has 0 bridgehead atoms. The van der Waals surface area contributed by atoms with Crippen molar-refractivity contribution >= 4 is 0 Å². The maximum atomic E-state index is 11.3. The van der Waals surface area contributed by atoms with Crippen LogP contribution in [0, 0.1) is 0 Å². The van der Waals surface area contributed by atoms with E-state index in [1.807, 2.05) is 97.1 Å². The van der Waals surface area contributed by atoms with Crippen molar-refractivity contribution in [2.45, 2.75) is 57.0 Å². The summed E-state index contributed by atoms with van der Waals surface area (Å²) >= 11 is 0. The third-order valence-electron chi connectivity index (χ3n) is 6.40. The van der Waals surface area contributed by atoms with Crippen LogP contribution in [0.1, 0.15) is 29.5 Å². The van der Waals surface area contributed by atoms with E-state index in [0.29, 0.717) is 26.4 Å². The molecule has 0 amide bonds. The quantitative estimate of drug-likeness (QED) is 0.319. The van der Waals surface area contributed by atoms with E-state index in [1.165, 1.54) is 5.06 Å². The average Bonchev–Trinajstić information content (AvgIpc) is 3.16. The van der Waals surface area contributed by atoms with Crippen molar-refractivity contribution in [2.24, 2.45) is 0 Å². The minimum Gasteiger partial charge on any atom is -0.375 e. The van der Waals surface area contributed by atoms with Crippen molar-refractivity contribution in [1.82, 2.24) is 5.06 Å². The maximum Gasteiger partial charge on any atom is 0.106 e. The van der Waals surface area contributed by atoms with Gasteiger partial charge in [-0.3, -0.25) is 0 Å². The molecule has 0 radical (unpaired) electrons. The summed E-state index contributed by atoms with van der Waals surface area (Å²) < 4.78 is 19.0. The van der Waals surface area contributed by atoms with E-state index < -0.39 is 0 Å². The zero-order valence-corrected chi connectivity index (χ0v) is 20.1. The van der Waals surface area contributed by atoms with Gasteiger partial charge in [-0.05, 0) is 29.5 Å². The van der Waals surface area contributed by atoms with Crippen molar-refractivity contribution in [3.05, 3.63) is 120 Å². The summed E-state index contributed by atoms with van der Waals surface area (Å²) in [6, 6.07) is 29.7. The average molecular weight is 474 g/mol. The maximum absolute atomic E-state index is 11.3. The van der Waals surface area contributed by atoms with Crippen LogP contribution in [0.5, 0.6) is 0 Å². The second-order valence-electron chi connectivity index (χ2n) is 8.90. The van der Waals surface area contributed by atoms with E-state index >= 15 is 0 Å². The molecule has 1 fully saturated rings. The minimum atomic E-state index is -0.352. The fourth-order valence-corrected chi connectivity index (χ4v) is 4.56. The van der Waals surface area contributed by atoms with E-state index in [9.17, 15) is 5.21 Å². The highest BCUT2D eigenvalue weighted by Gasteiger charge is 2.50. The van der Waals surface area contributed by atoms with Crippen LogP contribution in [0.15, 0.2) is 104 Å². The smallest absolute Gasteiger partial charge is 0.106 e. The normalized spacial score (nSPS) is 22.3. The number of hydroxylamine groups is 2. The summed E-state index contributed by atoms with van der Waals surface area (Å²) in [4.78, 5) is 0. The summed E-state index contributed by atoms with van der Waals surface area (Å²) in [5.41, 5.74) is 3.26. The molecule has 0 saturated carbocycles. The highest BCUT2D eigenvalue weighted by molar-refractivity contribution is 5.16. The molecule has 184 valence electrons. The van der Waals surface area contributed by atoms with E-state index in [2.05, 4.69) is 6.58 Å². The van der Waals surface area contributed by atoms with Gasteiger partial charge in [0.05, 0.1) is 38.5 Å². The monoisotopic (exact) mass is 473 g/mol. The lowest BCUT2D eigenvalue weighted by Crippen LogP contribution is -2.40. The zero-order valence-electron chi connectivity index (χ0n) is 20.1. The first-order chi connectivity index (χ1) is 17.3. The summed E-state index contributed by atoms with van der Waals surface area (Å²) in [6.45, 7) is 5.56. The van der Waals surface area contributed by atoms with Gasteiger partial charge < -0.3 is 19.4 Å². The predicted molar refractivity (Wildman–Crippen MR) is 137 cm³/mol. The number of rotatable bonds is 13. The largest absolute Gasteiger partial charge is 0.375 e. The number of ether oxygens (including phenoxy) is 3. The standard InChI is InChI=1S/C30H35NO4/c1-2-3-19-27-29(34-21-25-15-9-5-10-16-25)30(35-22-26-17-11-6-12-18-26)28(31(27)32)23-33-20-24-13-7-4-8-14-24/h2,4-18,27-30,32H,1,3,19-23H2/t27?,28-,29?,30-/m1/s1. The van der Waals surface area contributed by atoms with Gasteiger partial charge in [-0.2, -0.15) is 5.06 Å². The van der Waals surface area contributed by atoms with Crippen LogP contribution < -0.4 is 0 Å². The minimum absolute atomic E-state index is 0.220. The molecule has 1 aliphatic rings. The highest BCUT2D eigenvalue weighted by Crippen LogP contribution is 2.33. The van der Waals surface area contributed by atoms with Crippen molar-refractivity contribution in [2.75, 3.05) is 6.61 Å². The Morgan fingerprint density at radius 3 is 1.63 bits per heavy atom. The molecule has 3 aromatic carbocycles. The van der Waals surface area contributed by atoms with Crippen LogP contribution in [-0.4, -0.2) is 41.2 Å². The fraction of sp³-hybridized carbons (Fsp3) is 0.333. The molecule has 3 aromatic rings. The van der Waals surface area contributed by atoms with Crippen molar-refractivity contribution < 1.29 is 19.4 Å². The topological polar surface area (TPSA) is 51.2 Å². The van der Waals surface area contributed by atoms with Crippen LogP contribution in [0.2, 0.25) is 0 Å². The lowest BCUT2D eigenvalue weighted by molar-refractivity contribution is -0.166.